The second-order valence-corrected chi connectivity index (χ2v) is 7.54. The number of rotatable bonds is 8. The van der Waals surface area contributed by atoms with Crippen molar-refractivity contribution >= 4 is 11.8 Å². The Morgan fingerprint density at radius 2 is 1.79 bits per heavy atom. The standard InChI is InChI=1S/C24H32N2O3/c1-7-21(24(28)25-6)26(14-20-10-8-9-16(2)12-20)23(27)15-29-22-13-17(3)11-18(4)19(22)5/h8-13,21H,7,14-15H2,1-6H3,(H,25,28)/t21-/m0/s1. The van der Waals surface area contributed by atoms with E-state index >= 15 is 0 Å². The average Bonchev–Trinajstić information content (AvgIpc) is 2.68. The summed E-state index contributed by atoms with van der Waals surface area (Å²) in [4.78, 5) is 27.2. The molecule has 5 nitrogen and oxygen atoms in total. The van der Waals surface area contributed by atoms with Gasteiger partial charge in [0, 0.05) is 13.6 Å². The lowest BCUT2D eigenvalue weighted by Crippen LogP contribution is -2.49. The summed E-state index contributed by atoms with van der Waals surface area (Å²) in [5, 5.41) is 2.67. The molecule has 0 aliphatic heterocycles. The first kappa shape index (κ1) is 22.5. The minimum Gasteiger partial charge on any atom is -0.483 e. The summed E-state index contributed by atoms with van der Waals surface area (Å²) in [7, 11) is 1.59. The molecule has 2 aromatic rings. The predicted octanol–water partition coefficient (Wildman–Crippen LogP) is 3.85. The molecule has 2 rings (SSSR count). The van der Waals surface area contributed by atoms with Crippen LogP contribution in [0.4, 0.5) is 0 Å². The van der Waals surface area contributed by atoms with Crippen molar-refractivity contribution in [2.75, 3.05) is 13.7 Å². The SMILES string of the molecule is CC[C@@H](C(=O)NC)N(Cc1cccc(C)c1)C(=O)COc1cc(C)cc(C)c1C. The number of benzene rings is 2. The quantitative estimate of drug-likeness (QED) is 0.737. The summed E-state index contributed by atoms with van der Waals surface area (Å²) >= 11 is 0. The normalized spacial score (nSPS) is 11.7. The fourth-order valence-corrected chi connectivity index (χ4v) is 3.47. The second-order valence-electron chi connectivity index (χ2n) is 7.54. The van der Waals surface area contributed by atoms with E-state index in [1.54, 1.807) is 11.9 Å². The van der Waals surface area contributed by atoms with Crippen molar-refractivity contribution < 1.29 is 14.3 Å². The third-order valence-electron chi connectivity index (χ3n) is 5.18. The first-order chi connectivity index (χ1) is 13.8. The molecule has 2 amide bonds. The van der Waals surface area contributed by atoms with Gasteiger partial charge in [-0.25, -0.2) is 0 Å². The zero-order valence-electron chi connectivity index (χ0n) is 18.3. The molecular weight excluding hydrogens is 364 g/mol. The molecule has 0 saturated carbocycles. The Hall–Kier alpha value is -2.82. The molecule has 156 valence electrons. The highest BCUT2D eigenvalue weighted by molar-refractivity contribution is 5.88. The maximum absolute atomic E-state index is 13.1. The van der Waals surface area contributed by atoms with Crippen LogP contribution in [0.25, 0.3) is 0 Å². The Kier molecular flexibility index (Phi) is 7.82. The van der Waals surface area contributed by atoms with Crippen molar-refractivity contribution in [1.29, 1.82) is 0 Å². The fourth-order valence-electron chi connectivity index (χ4n) is 3.47. The molecule has 0 heterocycles. The van der Waals surface area contributed by atoms with E-state index in [1.165, 1.54) is 0 Å². The maximum Gasteiger partial charge on any atom is 0.261 e. The molecule has 1 N–H and O–H groups in total. The molecule has 0 aliphatic rings. The molecule has 0 unspecified atom stereocenters. The lowest BCUT2D eigenvalue weighted by molar-refractivity contribution is -0.142. The van der Waals surface area contributed by atoms with Gasteiger partial charge >= 0.3 is 0 Å². The molecule has 29 heavy (non-hydrogen) atoms. The monoisotopic (exact) mass is 396 g/mol. The lowest BCUT2D eigenvalue weighted by atomic mass is 10.1. The van der Waals surface area contributed by atoms with Crippen molar-refractivity contribution in [2.24, 2.45) is 0 Å². The summed E-state index contributed by atoms with van der Waals surface area (Å²) < 4.78 is 5.89. The number of aryl methyl sites for hydroxylation is 3. The van der Waals surface area contributed by atoms with Crippen LogP contribution >= 0.6 is 0 Å². The van der Waals surface area contributed by atoms with Gasteiger partial charge in [0.25, 0.3) is 5.91 Å². The van der Waals surface area contributed by atoms with Crippen LogP contribution in [0.1, 0.15) is 41.2 Å². The minimum atomic E-state index is -0.544. The Balaban J connectivity index is 2.25. The molecule has 0 fully saturated rings. The number of nitrogens with zero attached hydrogens (tertiary/aromatic N) is 1. The van der Waals surface area contributed by atoms with Crippen molar-refractivity contribution in [3.05, 3.63) is 64.2 Å². The molecule has 0 spiro atoms. The number of carbonyl (C=O) groups excluding carboxylic acids is 2. The lowest BCUT2D eigenvalue weighted by Gasteiger charge is -2.30. The number of hydrogen-bond acceptors (Lipinski definition) is 3. The summed E-state index contributed by atoms with van der Waals surface area (Å²) in [6.07, 6.45) is 0.528. The number of amides is 2. The van der Waals surface area contributed by atoms with E-state index in [1.807, 2.05) is 65.0 Å². The highest BCUT2D eigenvalue weighted by atomic mass is 16.5. The van der Waals surface area contributed by atoms with E-state index < -0.39 is 6.04 Å². The van der Waals surface area contributed by atoms with E-state index in [2.05, 4.69) is 11.4 Å². The molecule has 0 aliphatic carbocycles. The Morgan fingerprint density at radius 3 is 2.41 bits per heavy atom. The Morgan fingerprint density at radius 1 is 1.07 bits per heavy atom. The van der Waals surface area contributed by atoms with E-state index in [9.17, 15) is 9.59 Å². The molecule has 0 bridgehead atoms. The molecule has 2 aromatic carbocycles. The van der Waals surface area contributed by atoms with Crippen LogP contribution in [0.2, 0.25) is 0 Å². The Labute approximate surface area is 174 Å². The van der Waals surface area contributed by atoms with Crippen molar-refractivity contribution in [3.63, 3.8) is 0 Å². The summed E-state index contributed by atoms with van der Waals surface area (Å²) in [5.41, 5.74) is 5.34. The van der Waals surface area contributed by atoms with Crippen LogP contribution in [0.5, 0.6) is 5.75 Å². The number of hydrogen-bond donors (Lipinski definition) is 1. The van der Waals surface area contributed by atoms with Crippen LogP contribution in [0.3, 0.4) is 0 Å². The van der Waals surface area contributed by atoms with Gasteiger partial charge in [0.1, 0.15) is 11.8 Å². The minimum absolute atomic E-state index is 0.108. The highest BCUT2D eigenvalue weighted by Gasteiger charge is 2.28. The van der Waals surface area contributed by atoms with E-state index in [4.69, 9.17) is 4.74 Å². The summed E-state index contributed by atoms with van der Waals surface area (Å²) in [6, 6.07) is 11.5. The average molecular weight is 397 g/mol. The van der Waals surface area contributed by atoms with Crippen LogP contribution in [-0.2, 0) is 16.1 Å². The molecule has 5 heteroatoms. The highest BCUT2D eigenvalue weighted by Crippen LogP contribution is 2.23. The van der Waals surface area contributed by atoms with Gasteiger partial charge in [0.05, 0.1) is 0 Å². The molecule has 0 radical (unpaired) electrons. The molecule has 0 aromatic heterocycles. The second kappa shape index (κ2) is 10.1. The third-order valence-corrected chi connectivity index (χ3v) is 5.18. The van der Waals surface area contributed by atoms with Gasteiger partial charge in [-0.3, -0.25) is 9.59 Å². The van der Waals surface area contributed by atoms with Gasteiger partial charge < -0.3 is 15.0 Å². The number of likely N-dealkylation sites (N-methyl/N-ethyl adjacent to an activating group) is 1. The predicted molar refractivity (Wildman–Crippen MR) is 116 cm³/mol. The molecular formula is C24H32N2O3. The number of carbonyl (C=O) groups is 2. The van der Waals surface area contributed by atoms with Gasteiger partial charge in [-0.1, -0.05) is 42.8 Å². The smallest absolute Gasteiger partial charge is 0.261 e. The largest absolute Gasteiger partial charge is 0.483 e. The summed E-state index contributed by atoms with van der Waals surface area (Å²) in [5.74, 6) is 0.330. The zero-order valence-corrected chi connectivity index (χ0v) is 18.3. The maximum atomic E-state index is 13.1. The van der Waals surface area contributed by atoms with Gasteiger partial charge in [-0.15, -0.1) is 0 Å². The first-order valence-corrected chi connectivity index (χ1v) is 10.0. The van der Waals surface area contributed by atoms with Gasteiger partial charge in [-0.05, 0) is 62.4 Å². The van der Waals surface area contributed by atoms with Crippen LogP contribution in [0, 0.1) is 27.7 Å². The van der Waals surface area contributed by atoms with Crippen LogP contribution in [0.15, 0.2) is 36.4 Å². The van der Waals surface area contributed by atoms with E-state index in [-0.39, 0.29) is 18.4 Å². The van der Waals surface area contributed by atoms with Gasteiger partial charge in [0.2, 0.25) is 5.91 Å². The zero-order chi connectivity index (χ0) is 21.6. The van der Waals surface area contributed by atoms with Crippen molar-refractivity contribution in [2.45, 2.75) is 53.6 Å². The number of nitrogens with one attached hydrogen (secondary N) is 1. The van der Waals surface area contributed by atoms with E-state index in [0.29, 0.717) is 18.7 Å². The Bertz CT molecular complexity index is 876. The summed E-state index contributed by atoms with van der Waals surface area (Å²) in [6.45, 7) is 10.2. The molecule has 0 saturated heterocycles. The third kappa shape index (κ3) is 5.83. The van der Waals surface area contributed by atoms with Gasteiger partial charge in [0.15, 0.2) is 6.61 Å². The number of ether oxygens (including phenoxy) is 1. The van der Waals surface area contributed by atoms with E-state index in [0.717, 1.165) is 27.8 Å². The molecule has 1 atom stereocenters. The van der Waals surface area contributed by atoms with Crippen LogP contribution < -0.4 is 10.1 Å². The fraction of sp³-hybridized carbons (Fsp3) is 0.417. The van der Waals surface area contributed by atoms with Crippen LogP contribution in [-0.4, -0.2) is 36.4 Å². The topological polar surface area (TPSA) is 58.6 Å². The first-order valence-electron chi connectivity index (χ1n) is 10.0. The van der Waals surface area contributed by atoms with Crippen molar-refractivity contribution in [3.8, 4) is 5.75 Å². The van der Waals surface area contributed by atoms with Gasteiger partial charge in [-0.2, -0.15) is 0 Å². The van der Waals surface area contributed by atoms with Crippen molar-refractivity contribution in [1.82, 2.24) is 10.2 Å².